The number of hydrogen-bond acceptors (Lipinski definition) is 4. The number of anilines is 1. The molecular weight excluding hydrogens is 376 g/mol. The molecule has 0 spiro atoms. The third-order valence-electron chi connectivity index (χ3n) is 4.38. The summed E-state index contributed by atoms with van der Waals surface area (Å²) in [5, 5.41) is 3.59. The van der Waals surface area contributed by atoms with E-state index in [9.17, 15) is 4.79 Å². The molecule has 0 saturated carbocycles. The number of benzene rings is 2. The highest BCUT2D eigenvalue weighted by Crippen LogP contribution is 2.31. The Morgan fingerprint density at radius 2 is 1.79 bits per heavy atom. The van der Waals surface area contributed by atoms with Crippen molar-refractivity contribution >= 4 is 23.2 Å². The molecule has 1 unspecified atom stereocenters. The molecule has 0 aliphatic rings. The summed E-state index contributed by atoms with van der Waals surface area (Å²) in [6.07, 6.45) is 2.20. The smallest absolute Gasteiger partial charge is 0.232 e. The predicted octanol–water partition coefficient (Wildman–Crippen LogP) is 4.72. The van der Waals surface area contributed by atoms with Gasteiger partial charge >= 0.3 is 0 Å². The van der Waals surface area contributed by atoms with Gasteiger partial charge in [0.05, 0.1) is 20.1 Å². The molecular formula is C22H21ClN2O3. The van der Waals surface area contributed by atoms with Crippen LogP contribution in [0, 0.1) is 0 Å². The summed E-state index contributed by atoms with van der Waals surface area (Å²) in [5.41, 5.74) is 2.33. The van der Waals surface area contributed by atoms with Gasteiger partial charge in [0.2, 0.25) is 5.91 Å². The molecule has 0 radical (unpaired) electrons. The van der Waals surface area contributed by atoms with Crippen LogP contribution in [0.5, 0.6) is 11.5 Å². The molecule has 0 aliphatic carbocycles. The van der Waals surface area contributed by atoms with Gasteiger partial charge in [-0.25, -0.2) is 0 Å². The van der Waals surface area contributed by atoms with E-state index < -0.39 is 5.92 Å². The molecule has 144 valence electrons. The van der Waals surface area contributed by atoms with E-state index in [1.54, 1.807) is 50.7 Å². The zero-order valence-corrected chi connectivity index (χ0v) is 16.4. The molecule has 0 aliphatic heterocycles. The lowest BCUT2D eigenvalue weighted by Gasteiger charge is -2.18. The first-order valence-corrected chi connectivity index (χ1v) is 9.16. The van der Waals surface area contributed by atoms with Crippen molar-refractivity contribution in [1.29, 1.82) is 0 Å². The van der Waals surface area contributed by atoms with Gasteiger partial charge in [-0.2, -0.15) is 0 Å². The highest BCUT2D eigenvalue weighted by Gasteiger charge is 2.22. The minimum atomic E-state index is -0.416. The molecule has 1 atom stereocenters. The topological polar surface area (TPSA) is 60.5 Å². The van der Waals surface area contributed by atoms with Gasteiger partial charge in [-0.05, 0) is 42.0 Å². The van der Waals surface area contributed by atoms with Crippen LogP contribution in [0.15, 0.2) is 66.9 Å². The largest absolute Gasteiger partial charge is 0.493 e. The monoisotopic (exact) mass is 396 g/mol. The molecule has 1 N–H and O–H groups in total. The van der Waals surface area contributed by atoms with Crippen molar-refractivity contribution in [2.45, 2.75) is 12.3 Å². The number of aromatic nitrogens is 1. The van der Waals surface area contributed by atoms with Crippen LogP contribution in [0.3, 0.4) is 0 Å². The number of nitrogens with one attached hydrogen (secondary N) is 1. The van der Waals surface area contributed by atoms with Gasteiger partial charge in [0.1, 0.15) is 0 Å². The lowest BCUT2D eigenvalue weighted by molar-refractivity contribution is -0.117. The van der Waals surface area contributed by atoms with Gasteiger partial charge in [-0.1, -0.05) is 29.8 Å². The fourth-order valence-electron chi connectivity index (χ4n) is 2.93. The molecule has 0 bridgehead atoms. The Morgan fingerprint density at radius 3 is 2.43 bits per heavy atom. The second-order valence-corrected chi connectivity index (χ2v) is 6.62. The van der Waals surface area contributed by atoms with Gasteiger partial charge < -0.3 is 14.8 Å². The van der Waals surface area contributed by atoms with Gasteiger partial charge in [-0.3, -0.25) is 9.78 Å². The minimum Gasteiger partial charge on any atom is -0.493 e. The fraction of sp³-hybridized carbons (Fsp3) is 0.182. The normalized spacial score (nSPS) is 11.5. The Morgan fingerprint density at radius 1 is 1.04 bits per heavy atom. The molecule has 6 heteroatoms. The lowest BCUT2D eigenvalue weighted by atomic mass is 9.93. The van der Waals surface area contributed by atoms with E-state index in [2.05, 4.69) is 10.3 Å². The molecule has 1 heterocycles. The Labute approximate surface area is 169 Å². The van der Waals surface area contributed by atoms with Gasteiger partial charge in [0.15, 0.2) is 11.5 Å². The molecule has 1 aromatic heterocycles. The molecule has 0 saturated heterocycles. The number of ether oxygens (including phenoxy) is 2. The lowest BCUT2D eigenvalue weighted by Crippen LogP contribution is -2.23. The first kappa shape index (κ1) is 19.7. The predicted molar refractivity (Wildman–Crippen MR) is 110 cm³/mol. The Balaban J connectivity index is 1.86. The number of pyridine rings is 1. The van der Waals surface area contributed by atoms with E-state index in [4.69, 9.17) is 21.1 Å². The maximum atomic E-state index is 13.1. The van der Waals surface area contributed by atoms with E-state index >= 15 is 0 Å². The number of carbonyl (C=O) groups is 1. The Bertz CT molecular complexity index is 930. The second kappa shape index (κ2) is 9.24. The van der Waals surface area contributed by atoms with Crippen molar-refractivity contribution in [2.75, 3.05) is 19.5 Å². The molecule has 0 fully saturated rings. The van der Waals surface area contributed by atoms with Crippen molar-refractivity contribution in [3.05, 3.63) is 83.1 Å². The van der Waals surface area contributed by atoms with Crippen molar-refractivity contribution in [3.8, 4) is 11.5 Å². The van der Waals surface area contributed by atoms with E-state index in [-0.39, 0.29) is 5.91 Å². The fourth-order valence-corrected chi connectivity index (χ4v) is 3.05. The van der Waals surface area contributed by atoms with Crippen LogP contribution in [0.1, 0.15) is 17.2 Å². The number of hydrogen-bond donors (Lipinski definition) is 1. The molecule has 1 amide bonds. The van der Waals surface area contributed by atoms with Crippen LogP contribution < -0.4 is 14.8 Å². The number of amides is 1. The first-order valence-electron chi connectivity index (χ1n) is 8.79. The van der Waals surface area contributed by atoms with Gasteiger partial charge in [0.25, 0.3) is 0 Å². The number of halogens is 1. The van der Waals surface area contributed by atoms with Crippen LogP contribution in [-0.4, -0.2) is 25.1 Å². The highest BCUT2D eigenvalue weighted by atomic mass is 35.5. The summed E-state index contributed by atoms with van der Waals surface area (Å²) in [4.78, 5) is 17.5. The summed E-state index contributed by atoms with van der Waals surface area (Å²) < 4.78 is 10.6. The first-order chi connectivity index (χ1) is 13.6. The standard InChI is InChI=1S/C22H21ClN2O3/c1-27-20-11-10-18(14-21(20)28-2)25-22(26)19(13-17-5-3-4-12-24-17)15-6-8-16(23)9-7-15/h3-12,14,19H,13H2,1-2H3,(H,25,26). The molecule has 2 aromatic carbocycles. The number of rotatable bonds is 7. The maximum Gasteiger partial charge on any atom is 0.232 e. The van der Waals surface area contributed by atoms with E-state index in [1.165, 1.54) is 0 Å². The van der Waals surface area contributed by atoms with Crippen molar-refractivity contribution < 1.29 is 14.3 Å². The maximum absolute atomic E-state index is 13.1. The van der Waals surface area contributed by atoms with Crippen molar-refractivity contribution in [2.24, 2.45) is 0 Å². The third-order valence-corrected chi connectivity index (χ3v) is 4.63. The van der Waals surface area contributed by atoms with Crippen LogP contribution in [0.4, 0.5) is 5.69 Å². The zero-order valence-electron chi connectivity index (χ0n) is 15.7. The highest BCUT2D eigenvalue weighted by molar-refractivity contribution is 6.30. The van der Waals surface area contributed by atoms with Crippen molar-refractivity contribution in [1.82, 2.24) is 4.98 Å². The molecule has 3 aromatic rings. The SMILES string of the molecule is COc1ccc(NC(=O)C(Cc2ccccn2)c2ccc(Cl)cc2)cc1OC. The Kier molecular flexibility index (Phi) is 6.50. The van der Waals surface area contributed by atoms with Gasteiger partial charge in [0, 0.05) is 35.1 Å². The van der Waals surface area contributed by atoms with E-state index in [0.29, 0.717) is 28.6 Å². The average Bonchev–Trinajstić information content (AvgIpc) is 2.73. The summed E-state index contributed by atoms with van der Waals surface area (Å²) in [6, 6.07) is 18.2. The number of nitrogens with zero attached hydrogens (tertiary/aromatic N) is 1. The van der Waals surface area contributed by atoms with Crippen molar-refractivity contribution in [3.63, 3.8) is 0 Å². The molecule has 5 nitrogen and oxygen atoms in total. The summed E-state index contributed by atoms with van der Waals surface area (Å²) in [7, 11) is 3.13. The third kappa shape index (κ3) is 4.81. The molecule has 28 heavy (non-hydrogen) atoms. The number of methoxy groups -OCH3 is 2. The Hall–Kier alpha value is -3.05. The summed E-state index contributed by atoms with van der Waals surface area (Å²) in [6.45, 7) is 0. The van der Waals surface area contributed by atoms with Gasteiger partial charge in [-0.15, -0.1) is 0 Å². The van der Waals surface area contributed by atoms with E-state index in [0.717, 1.165) is 11.3 Å². The van der Waals surface area contributed by atoms with Crippen LogP contribution in [-0.2, 0) is 11.2 Å². The van der Waals surface area contributed by atoms with Crippen LogP contribution >= 0.6 is 11.6 Å². The molecule has 3 rings (SSSR count). The number of carbonyl (C=O) groups excluding carboxylic acids is 1. The van der Waals surface area contributed by atoms with E-state index in [1.807, 2.05) is 30.3 Å². The van der Waals surface area contributed by atoms with Crippen LogP contribution in [0.2, 0.25) is 5.02 Å². The van der Waals surface area contributed by atoms with Crippen LogP contribution in [0.25, 0.3) is 0 Å². The average molecular weight is 397 g/mol. The second-order valence-electron chi connectivity index (χ2n) is 6.19. The minimum absolute atomic E-state index is 0.139. The summed E-state index contributed by atoms with van der Waals surface area (Å²) in [5.74, 6) is 0.594. The summed E-state index contributed by atoms with van der Waals surface area (Å²) >= 11 is 6.01. The quantitative estimate of drug-likeness (QED) is 0.627. The zero-order chi connectivity index (χ0) is 19.9.